The Morgan fingerprint density at radius 1 is 1.44 bits per heavy atom. The van der Waals surface area contributed by atoms with E-state index >= 15 is 0 Å². The summed E-state index contributed by atoms with van der Waals surface area (Å²) in [7, 11) is 1.29. The van der Waals surface area contributed by atoms with Gasteiger partial charge >= 0.3 is 5.97 Å². The highest BCUT2D eigenvalue weighted by Gasteiger charge is 2.12. The van der Waals surface area contributed by atoms with Crippen LogP contribution in [-0.4, -0.2) is 33.2 Å². The van der Waals surface area contributed by atoms with Crippen LogP contribution in [0.2, 0.25) is 0 Å². The summed E-state index contributed by atoms with van der Waals surface area (Å²) in [4.78, 5) is 18.8. The number of carbonyl (C=O) groups is 1. The van der Waals surface area contributed by atoms with Gasteiger partial charge in [0.05, 0.1) is 13.3 Å². The summed E-state index contributed by atoms with van der Waals surface area (Å²) in [5.74, 6) is -0.0196. The molecule has 0 fully saturated rings. The van der Waals surface area contributed by atoms with Gasteiger partial charge in [-0.05, 0) is 0 Å². The molecule has 0 unspecified atom stereocenters. The first kappa shape index (κ1) is 10.2. The van der Waals surface area contributed by atoms with Crippen LogP contribution in [0.25, 0.3) is 11.6 Å². The molecule has 0 spiro atoms. The topological polar surface area (TPSA) is 91.0 Å². The lowest BCUT2D eigenvalue weighted by molar-refractivity contribution is -0.140. The van der Waals surface area contributed by atoms with Crippen LogP contribution in [-0.2, 0) is 16.0 Å². The van der Waals surface area contributed by atoms with Gasteiger partial charge in [0.15, 0.2) is 0 Å². The standard InChI is InChI=1S/C9H8N4O3/c1-15-8(14)4-7-12-13-9(16-7)6-5-10-2-3-11-6/h2-3,5H,4H2,1H3. The lowest BCUT2D eigenvalue weighted by Gasteiger charge is -1.93. The molecule has 2 aromatic rings. The van der Waals surface area contributed by atoms with Gasteiger partial charge in [0.1, 0.15) is 12.1 Å². The smallest absolute Gasteiger partial charge is 0.315 e. The molecule has 16 heavy (non-hydrogen) atoms. The van der Waals surface area contributed by atoms with Gasteiger partial charge in [-0.2, -0.15) is 0 Å². The van der Waals surface area contributed by atoms with Crippen molar-refractivity contribution >= 4 is 5.97 Å². The molecule has 7 heteroatoms. The predicted molar refractivity (Wildman–Crippen MR) is 51.0 cm³/mol. The van der Waals surface area contributed by atoms with Crippen molar-refractivity contribution in [3.8, 4) is 11.6 Å². The van der Waals surface area contributed by atoms with Crippen molar-refractivity contribution in [2.24, 2.45) is 0 Å². The van der Waals surface area contributed by atoms with Gasteiger partial charge in [-0.1, -0.05) is 0 Å². The van der Waals surface area contributed by atoms with Crippen LogP contribution in [0.4, 0.5) is 0 Å². The fourth-order valence-corrected chi connectivity index (χ4v) is 1.03. The van der Waals surface area contributed by atoms with E-state index in [4.69, 9.17) is 4.42 Å². The molecular weight excluding hydrogens is 212 g/mol. The largest absolute Gasteiger partial charge is 0.469 e. The third-order valence-corrected chi connectivity index (χ3v) is 1.77. The third kappa shape index (κ3) is 2.19. The van der Waals surface area contributed by atoms with Gasteiger partial charge in [0.25, 0.3) is 5.89 Å². The summed E-state index contributed by atoms with van der Waals surface area (Å²) in [5, 5.41) is 7.44. The molecule has 2 rings (SSSR count). The van der Waals surface area contributed by atoms with Crippen molar-refractivity contribution in [1.29, 1.82) is 0 Å². The predicted octanol–water partition coefficient (Wildman–Crippen LogP) is 0.242. The molecule has 0 aromatic carbocycles. The van der Waals surface area contributed by atoms with Crippen LogP contribution < -0.4 is 0 Å². The molecule has 0 saturated heterocycles. The molecule has 0 atom stereocenters. The van der Waals surface area contributed by atoms with Crippen molar-refractivity contribution in [3.63, 3.8) is 0 Å². The van der Waals surface area contributed by atoms with Crippen LogP contribution in [0, 0.1) is 0 Å². The van der Waals surface area contributed by atoms with Gasteiger partial charge < -0.3 is 9.15 Å². The Bertz CT molecular complexity index is 483. The zero-order chi connectivity index (χ0) is 11.4. The fraction of sp³-hybridized carbons (Fsp3) is 0.222. The first-order chi connectivity index (χ1) is 7.79. The van der Waals surface area contributed by atoms with E-state index in [1.165, 1.54) is 25.7 Å². The van der Waals surface area contributed by atoms with Crippen molar-refractivity contribution < 1.29 is 13.9 Å². The van der Waals surface area contributed by atoms with Gasteiger partial charge in [-0.3, -0.25) is 9.78 Å². The maximum absolute atomic E-state index is 10.9. The lowest BCUT2D eigenvalue weighted by Crippen LogP contribution is -2.04. The maximum Gasteiger partial charge on any atom is 0.315 e. The van der Waals surface area contributed by atoms with E-state index in [0.717, 1.165) is 0 Å². The molecular formula is C9H8N4O3. The molecule has 82 valence electrons. The molecule has 7 nitrogen and oxygen atoms in total. The summed E-state index contributed by atoms with van der Waals surface area (Å²) in [6.07, 6.45) is 4.49. The van der Waals surface area contributed by atoms with Crippen molar-refractivity contribution in [2.45, 2.75) is 6.42 Å². The molecule has 0 amide bonds. The van der Waals surface area contributed by atoms with Gasteiger partial charge in [-0.15, -0.1) is 10.2 Å². The van der Waals surface area contributed by atoms with Crippen LogP contribution in [0.3, 0.4) is 0 Å². The average molecular weight is 220 g/mol. The number of esters is 1. The SMILES string of the molecule is COC(=O)Cc1nnc(-c2cnccn2)o1. The van der Waals surface area contributed by atoms with E-state index in [1.807, 2.05) is 0 Å². The minimum atomic E-state index is -0.436. The summed E-state index contributed by atoms with van der Waals surface area (Å²) in [5.41, 5.74) is 0.464. The molecule has 0 aliphatic rings. The highest BCUT2D eigenvalue weighted by molar-refractivity contribution is 5.71. The maximum atomic E-state index is 10.9. The highest BCUT2D eigenvalue weighted by Crippen LogP contribution is 2.13. The number of rotatable bonds is 3. The second kappa shape index (κ2) is 4.47. The molecule has 0 bridgehead atoms. The molecule has 0 aliphatic carbocycles. The van der Waals surface area contributed by atoms with Crippen molar-refractivity contribution in [3.05, 3.63) is 24.5 Å². The van der Waals surface area contributed by atoms with Crippen LogP contribution in [0.15, 0.2) is 23.0 Å². The lowest BCUT2D eigenvalue weighted by atomic mass is 10.4. The molecule has 2 aromatic heterocycles. The van der Waals surface area contributed by atoms with Gasteiger partial charge in [0, 0.05) is 12.4 Å². The van der Waals surface area contributed by atoms with E-state index in [0.29, 0.717) is 5.69 Å². The number of ether oxygens (including phenoxy) is 1. The average Bonchev–Trinajstić information content (AvgIpc) is 2.78. The fourth-order valence-electron chi connectivity index (χ4n) is 1.03. The summed E-state index contributed by atoms with van der Waals surface area (Å²) >= 11 is 0. The molecule has 2 heterocycles. The Balaban J connectivity index is 2.17. The van der Waals surface area contributed by atoms with Crippen molar-refractivity contribution in [2.75, 3.05) is 7.11 Å². The van der Waals surface area contributed by atoms with Crippen LogP contribution >= 0.6 is 0 Å². The number of carbonyl (C=O) groups excluding carboxylic acids is 1. The molecule has 0 aliphatic heterocycles. The second-order valence-corrected chi connectivity index (χ2v) is 2.84. The van der Waals surface area contributed by atoms with E-state index < -0.39 is 5.97 Å². The second-order valence-electron chi connectivity index (χ2n) is 2.84. The van der Waals surface area contributed by atoms with E-state index in [-0.39, 0.29) is 18.2 Å². The molecule has 0 saturated carbocycles. The number of nitrogens with zero attached hydrogens (tertiary/aromatic N) is 4. The minimum Gasteiger partial charge on any atom is -0.469 e. The Kier molecular flexibility index (Phi) is 2.86. The number of hydrogen-bond acceptors (Lipinski definition) is 7. The third-order valence-electron chi connectivity index (χ3n) is 1.77. The molecule has 0 N–H and O–H groups in total. The Morgan fingerprint density at radius 2 is 2.31 bits per heavy atom. The minimum absolute atomic E-state index is 0.0518. The van der Waals surface area contributed by atoms with E-state index in [2.05, 4.69) is 24.9 Å². The van der Waals surface area contributed by atoms with Crippen LogP contribution in [0.1, 0.15) is 5.89 Å². The quantitative estimate of drug-likeness (QED) is 0.684. The Hall–Kier alpha value is -2.31. The zero-order valence-electron chi connectivity index (χ0n) is 8.45. The summed E-state index contributed by atoms with van der Waals surface area (Å²) in [6.45, 7) is 0. The first-order valence-corrected chi connectivity index (χ1v) is 4.45. The van der Waals surface area contributed by atoms with Gasteiger partial charge in [-0.25, -0.2) is 4.98 Å². The summed E-state index contributed by atoms with van der Waals surface area (Å²) in [6, 6.07) is 0. The normalized spacial score (nSPS) is 10.1. The number of aromatic nitrogens is 4. The van der Waals surface area contributed by atoms with Crippen LogP contribution in [0.5, 0.6) is 0 Å². The van der Waals surface area contributed by atoms with E-state index in [9.17, 15) is 4.79 Å². The Labute approximate surface area is 90.5 Å². The number of hydrogen-bond donors (Lipinski definition) is 0. The monoisotopic (exact) mass is 220 g/mol. The van der Waals surface area contributed by atoms with Crippen molar-refractivity contribution in [1.82, 2.24) is 20.2 Å². The Morgan fingerprint density at radius 3 is 3.00 bits per heavy atom. The summed E-state index contributed by atoms with van der Waals surface area (Å²) < 4.78 is 9.69. The first-order valence-electron chi connectivity index (χ1n) is 4.45. The highest BCUT2D eigenvalue weighted by atomic mass is 16.5. The van der Waals surface area contributed by atoms with E-state index in [1.54, 1.807) is 0 Å². The molecule has 0 radical (unpaired) electrons. The number of methoxy groups -OCH3 is 1. The zero-order valence-corrected chi connectivity index (χ0v) is 8.45. The van der Waals surface area contributed by atoms with Gasteiger partial charge in [0.2, 0.25) is 5.89 Å².